The van der Waals surface area contributed by atoms with E-state index in [-0.39, 0.29) is 36.6 Å². The van der Waals surface area contributed by atoms with E-state index >= 15 is 0 Å². The molecule has 1 saturated carbocycles. The molecule has 0 radical (unpaired) electrons. The molecule has 4 nitrogen and oxygen atoms in total. The van der Waals surface area contributed by atoms with Gasteiger partial charge in [-0.25, -0.2) is 0 Å². The standard InChI is InChI=1S/C16H20O4/c1-4-14(18)10-7-11(17)9-13(16(20)6-3)12(8-10)15(19)5-2/h4-6,10-13,17H,1-3,7-9H2. The van der Waals surface area contributed by atoms with Gasteiger partial charge in [-0.3, -0.25) is 14.4 Å². The van der Waals surface area contributed by atoms with Crippen molar-refractivity contribution in [1.82, 2.24) is 0 Å². The van der Waals surface area contributed by atoms with Crippen LogP contribution in [0.5, 0.6) is 0 Å². The molecule has 4 heteroatoms. The summed E-state index contributed by atoms with van der Waals surface area (Å²) >= 11 is 0. The highest BCUT2D eigenvalue weighted by Crippen LogP contribution is 2.34. The van der Waals surface area contributed by atoms with E-state index in [1.807, 2.05) is 0 Å². The Kier molecular flexibility index (Phi) is 5.77. The largest absolute Gasteiger partial charge is 0.393 e. The smallest absolute Gasteiger partial charge is 0.159 e. The number of rotatable bonds is 6. The molecule has 0 aromatic rings. The Morgan fingerprint density at radius 2 is 1.25 bits per heavy atom. The second-order valence-electron chi connectivity index (χ2n) is 5.09. The lowest BCUT2D eigenvalue weighted by Gasteiger charge is -2.22. The van der Waals surface area contributed by atoms with Gasteiger partial charge in [0.25, 0.3) is 0 Å². The normalized spacial score (nSPS) is 29.9. The third kappa shape index (κ3) is 3.61. The summed E-state index contributed by atoms with van der Waals surface area (Å²) in [4.78, 5) is 35.7. The Bertz CT molecular complexity index is 449. The summed E-state index contributed by atoms with van der Waals surface area (Å²) in [6.45, 7) is 10.3. The van der Waals surface area contributed by atoms with E-state index in [1.54, 1.807) is 0 Å². The van der Waals surface area contributed by atoms with Gasteiger partial charge in [-0.05, 0) is 37.5 Å². The summed E-state index contributed by atoms with van der Waals surface area (Å²) in [5, 5.41) is 9.98. The van der Waals surface area contributed by atoms with Crippen LogP contribution in [0, 0.1) is 17.8 Å². The molecule has 0 aromatic carbocycles. The Labute approximate surface area is 118 Å². The van der Waals surface area contributed by atoms with E-state index in [9.17, 15) is 19.5 Å². The molecule has 1 N–H and O–H groups in total. The molecule has 1 aliphatic rings. The van der Waals surface area contributed by atoms with Gasteiger partial charge in [0.2, 0.25) is 0 Å². The van der Waals surface area contributed by atoms with Gasteiger partial charge in [0.15, 0.2) is 17.3 Å². The fourth-order valence-electron chi connectivity index (χ4n) is 2.78. The number of ketones is 3. The summed E-state index contributed by atoms with van der Waals surface area (Å²) in [6, 6.07) is 0. The SMILES string of the molecule is C=CC(=O)C1CC(O)CC(C(=O)C=C)C(C(=O)C=C)C1. The average Bonchev–Trinajstić information content (AvgIpc) is 2.63. The Hall–Kier alpha value is -1.81. The zero-order valence-corrected chi connectivity index (χ0v) is 11.5. The van der Waals surface area contributed by atoms with Crippen molar-refractivity contribution in [2.75, 3.05) is 0 Å². The van der Waals surface area contributed by atoms with E-state index in [4.69, 9.17) is 0 Å². The molecule has 20 heavy (non-hydrogen) atoms. The fourth-order valence-corrected chi connectivity index (χ4v) is 2.78. The quantitative estimate of drug-likeness (QED) is 0.591. The zero-order chi connectivity index (χ0) is 15.3. The third-order valence-corrected chi connectivity index (χ3v) is 3.84. The molecule has 4 unspecified atom stereocenters. The van der Waals surface area contributed by atoms with Crippen LogP contribution in [0.4, 0.5) is 0 Å². The highest BCUT2D eigenvalue weighted by Gasteiger charge is 2.39. The minimum absolute atomic E-state index is 0.163. The number of hydrogen-bond donors (Lipinski definition) is 1. The van der Waals surface area contributed by atoms with Crippen molar-refractivity contribution in [3.05, 3.63) is 38.0 Å². The molecule has 0 saturated heterocycles. The first kappa shape index (κ1) is 16.2. The molecule has 1 fully saturated rings. The minimum Gasteiger partial charge on any atom is -0.393 e. The molecule has 108 valence electrons. The fraction of sp³-hybridized carbons (Fsp3) is 0.438. The van der Waals surface area contributed by atoms with E-state index in [2.05, 4.69) is 19.7 Å². The Morgan fingerprint density at radius 1 is 0.800 bits per heavy atom. The van der Waals surface area contributed by atoms with E-state index in [0.29, 0.717) is 0 Å². The lowest BCUT2D eigenvalue weighted by molar-refractivity contribution is -0.128. The molecule has 0 aliphatic heterocycles. The van der Waals surface area contributed by atoms with Crippen LogP contribution in [-0.4, -0.2) is 28.6 Å². The molecule has 1 aliphatic carbocycles. The predicted molar refractivity (Wildman–Crippen MR) is 75.9 cm³/mol. The Balaban J connectivity index is 3.12. The second kappa shape index (κ2) is 7.10. The van der Waals surface area contributed by atoms with Gasteiger partial charge in [-0.2, -0.15) is 0 Å². The number of aliphatic hydroxyl groups excluding tert-OH is 1. The summed E-state index contributed by atoms with van der Waals surface area (Å²) in [5.41, 5.74) is 0. The highest BCUT2D eigenvalue weighted by molar-refractivity contribution is 6.00. The van der Waals surface area contributed by atoms with Crippen molar-refractivity contribution < 1.29 is 19.5 Å². The van der Waals surface area contributed by atoms with Gasteiger partial charge < -0.3 is 5.11 Å². The Morgan fingerprint density at radius 3 is 1.70 bits per heavy atom. The molecular formula is C16H20O4. The zero-order valence-electron chi connectivity index (χ0n) is 11.5. The van der Waals surface area contributed by atoms with Crippen LogP contribution in [0.15, 0.2) is 38.0 Å². The van der Waals surface area contributed by atoms with Crippen molar-refractivity contribution in [2.24, 2.45) is 17.8 Å². The molecule has 1 rings (SSSR count). The van der Waals surface area contributed by atoms with Crippen molar-refractivity contribution in [2.45, 2.75) is 25.4 Å². The maximum atomic E-state index is 12.0. The van der Waals surface area contributed by atoms with Crippen molar-refractivity contribution in [1.29, 1.82) is 0 Å². The topological polar surface area (TPSA) is 71.4 Å². The molecule has 0 heterocycles. The van der Waals surface area contributed by atoms with Crippen LogP contribution in [0.1, 0.15) is 19.3 Å². The number of carbonyl (C=O) groups is 3. The van der Waals surface area contributed by atoms with Crippen LogP contribution in [-0.2, 0) is 14.4 Å². The van der Waals surface area contributed by atoms with Crippen LogP contribution in [0.3, 0.4) is 0 Å². The van der Waals surface area contributed by atoms with Gasteiger partial charge in [-0.15, -0.1) is 0 Å². The molecular weight excluding hydrogens is 256 g/mol. The number of allylic oxidation sites excluding steroid dienone is 3. The first-order valence-corrected chi connectivity index (χ1v) is 6.61. The first-order valence-electron chi connectivity index (χ1n) is 6.61. The van der Waals surface area contributed by atoms with Gasteiger partial charge in [0, 0.05) is 17.8 Å². The van der Waals surface area contributed by atoms with Crippen LogP contribution in [0.2, 0.25) is 0 Å². The first-order chi connectivity index (χ1) is 9.44. The van der Waals surface area contributed by atoms with Gasteiger partial charge in [0.05, 0.1) is 6.10 Å². The van der Waals surface area contributed by atoms with Gasteiger partial charge >= 0.3 is 0 Å². The van der Waals surface area contributed by atoms with E-state index in [0.717, 1.165) is 6.08 Å². The van der Waals surface area contributed by atoms with Crippen LogP contribution in [0.25, 0.3) is 0 Å². The molecule has 0 spiro atoms. The third-order valence-electron chi connectivity index (χ3n) is 3.84. The summed E-state index contributed by atoms with van der Waals surface area (Å²) in [5.74, 6) is -2.53. The molecule has 4 atom stereocenters. The second-order valence-corrected chi connectivity index (χ2v) is 5.09. The lowest BCUT2D eigenvalue weighted by Crippen LogP contribution is -2.30. The molecule has 0 aromatic heterocycles. The van der Waals surface area contributed by atoms with Gasteiger partial charge in [-0.1, -0.05) is 19.7 Å². The number of hydrogen-bond acceptors (Lipinski definition) is 4. The highest BCUT2D eigenvalue weighted by atomic mass is 16.3. The van der Waals surface area contributed by atoms with E-state index < -0.39 is 23.9 Å². The lowest BCUT2D eigenvalue weighted by atomic mass is 9.79. The van der Waals surface area contributed by atoms with Crippen LogP contribution < -0.4 is 0 Å². The van der Waals surface area contributed by atoms with Crippen LogP contribution >= 0.6 is 0 Å². The summed E-state index contributed by atoms with van der Waals surface area (Å²) < 4.78 is 0. The average molecular weight is 276 g/mol. The number of aliphatic hydroxyl groups is 1. The molecule has 0 bridgehead atoms. The monoisotopic (exact) mass is 276 g/mol. The number of carbonyl (C=O) groups excluding carboxylic acids is 3. The van der Waals surface area contributed by atoms with Crippen molar-refractivity contribution >= 4 is 17.3 Å². The van der Waals surface area contributed by atoms with Gasteiger partial charge in [0.1, 0.15) is 0 Å². The summed E-state index contributed by atoms with van der Waals surface area (Å²) in [6.07, 6.45) is 3.38. The maximum Gasteiger partial charge on any atom is 0.159 e. The molecule has 0 amide bonds. The minimum atomic E-state index is -0.791. The summed E-state index contributed by atoms with van der Waals surface area (Å²) in [7, 11) is 0. The van der Waals surface area contributed by atoms with Crippen molar-refractivity contribution in [3.8, 4) is 0 Å². The maximum absolute atomic E-state index is 12.0. The van der Waals surface area contributed by atoms with E-state index in [1.165, 1.54) is 12.2 Å². The van der Waals surface area contributed by atoms with Crippen molar-refractivity contribution in [3.63, 3.8) is 0 Å². The predicted octanol–water partition coefficient (Wildman–Crippen LogP) is 1.65.